The predicted octanol–water partition coefficient (Wildman–Crippen LogP) is 4.45. The molecule has 1 aromatic carbocycles. The second kappa shape index (κ2) is 8.83. The number of esters is 2. The summed E-state index contributed by atoms with van der Waals surface area (Å²) < 4.78 is 11.7. The lowest BCUT2D eigenvalue weighted by molar-refractivity contribution is -0.159. The molecule has 1 fully saturated rings. The molecular formula is C19H25IO4. The van der Waals surface area contributed by atoms with Crippen molar-refractivity contribution in [2.45, 2.75) is 46.1 Å². The van der Waals surface area contributed by atoms with Crippen molar-refractivity contribution in [3.8, 4) is 0 Å². The fourth-order valence-corrected chi connectivity index (χ4v) is 3.61. The topological polar surface area (TPSA) is 52.6 Å². The van der Waals surface area contributed by atoms with Crippen molar-refractivity contribution < 1.29 is 19.1 Å². The van der Waals surface area contributed by atoms with Crippen LogP contribution in [0.15, 0.2) is 24.3 Å². The van der Waals surface area contributed by atoms with Crippen molar-refractivity contribution in [2.24, 2.45) is 17.8 Å². The maximum absolute atomic E-state index is 12.1. The van der Waals surface area contributed by atoms with Crippen molar-refractivity contribution in [1.29, 1.82) is 0 Å². The van der Waals surface area contributed by atoms with Crippen LogP contribution in [0.4, 0.5) is 0 Å². The molecule has 4 nitrogen and oxygen atoms in total. The van der Waals surface area contributed by atoms with Crippen LogP contribution in [0.5, 0.6) is 0 Å². The Morgan fingerprint density at radius 2 is 1.88 bits per heavy atom. The molecule has 3 unspecified atom stereocenters. The quantitative estimate of drug-likeness (QED) is 0.498. The summed E-state index contributed by atoms with van der Waals surface area (Å²) in [6, 6.07) is 7.03. The summed E-state index contributed by atoms with van der Waals surface area (Å²) in [5.41, 5.74) is 0.439. The van der Waals surface area contributed by atoms with Gasteiger partial charge in [0.05, 0.1) is 5.56 Å². The smallest absolute Gasteiger partial charge is 0.344 e. The Morgan fingerprint density at radius 3 is 2.50 bits per heavy atom. The van der Waals surface area contributed by atoms with Crippen LogP contribution in [0.2, 0.25) is 0 Å². The molecular weight excluding hydrogens is 419 g/mol. The van der Waals surface area contributed by atoms with Crippen molar-refractivity contribution in [2.75, 3.05) is 6.61 Å². The van der Waals surface area contributed by atoms with Gasteiger partial charge in [0.1, 0.15) is 6.10 Å². The number of hydrogen-bond acceptors (Lipinski definition) is 4. The van der Waals surface area contributed by atoms with Crippen LogP contribution in [0, 0.1) is 21.3 Å². The zero-order chi connectivity index (χ0) is 17.7. The normalized spacial score (nSPS) is 23.8. The molecule has 5 heteroatoms. The monoisotopic (exact) mass is 444 g/mol. The van der Waals surface area contributed by atoms with E-state index >= 15 is 0 Å². The summed E-state index contributed by atoms with van der Waals surface area (Å²) in [7, 11) is 0. The molecule has 1 saturated carbocycles. The Kier molecular flexibility index (Phi) is 7.07. The number of hydrogen-bond donors (Lipinski definition) is 0. The summed E-state index contributed by atoms with van der Waals surface area (Å²) in [5, 5.41) is 0. The Morgan fingerprint density at radius 1 is 1.21 bits per heavy atom. The molecule has 1 aliphatic rings. The summed E-state index contributed by atoms with van der Waals surface area (Å²) in [6.07, 6.45) is 3.08. The van der Waals surface area contributed by atoms with E-state index in [4.69, 9.17) is 9.47 Å². The molecule has 0 aromatic heterocycles. The molecule has 2 rings (SSSR count). The molecule has 24 heavy (non-hydrogen) atoms. The average molecular weight is 444 g/mol. The number of halogens is 1. The van der Waals surface area contributed by atoms with Gasteiger partial charge in [-0.1, -0.05) is 27.2 Å². The lowest BCUT2D eigenvalue weighted by Gasteiger charge is -2.36. The molecule has 0 heterocycles. The second-order valence-electron chi connectivity index (χ2n) is 6.94. The van der Waals surface area contributed by atoms with Gasteiger partial charge in [-0.15, -0.1) is 0 Å². The summed E-state index contributed by atoms with van der Waals surface area (Å²) >= 11 is 2.16. The molecule has 1 aliphatic carbocycles. The molecule has 132 valence electrons. The number of carbonyl (C=O) groups excluding carboxylic acids is 2. The highest BCUT2D eigenvalue weighted by molar-refractivity contribution is 14.1. The zero-order valence-electron chi connectivity index (χ0n) is 14.5. The van der Waals surface area contributed by atoms with Crippen molar-refractivity contribution >= 4 is 34.5 Å². The van der Waals surface area contributed by atoms with Crippen LogP contribution < -0.4 is 0 Å². The number of benzene rings is 1. The third kappa shape index (κ3) is 5.46. The van der Waals surface area contributed by atoms with Gasteiger partial charge in [0, 0.05) is 3.57 Å². The lowest BCUT2D eigenvalue weighted by atomic mass is 9.75. The van der Waals surface area contributed by atoms with Crippen LogP contribution in [0.1, 0.15) is 50.4 Å². The van der Waals surface area contributed by atoms with E-state index in [1.165, 1.54) is 6.42 Å². The van der Waals surface area contributed by atoms with E-state index in [1.807, 2.05) is 12.1 Å². The molecule has 0 bridgehead atoms. The minimum atomic E-state index is -0.499. The number of rotatable bonds is 5. The number of ether oxygens (including phenoxy) is 2. The van der Waals surface area contributed by atoms with E-state index in [2.05, 4.69) is 43.4 Å². The first-order chi connectivity index (χ1) is 11.4. The standard InChI is InChI=1S/C19H25IO4/c1-12(2)16-9-4-13(3)10-17(16)24-18(21)11-23-19(22)14-5-7-15(20)8-6-14/h5-8,12-13,16-17H,4,9-11H2,1-3H3. The van der Waals surface area contributed by atoms with Gasteiger partial charge in [0.15, 0.2) is 6.61 Å². The Balaban J connectivity index is 1.85. The van der Waals surface area contributed by atoms with Gasteiger partial charge in [-0.05, 0) is 77.5 Å². The van der Waals surface area contributed by atoms with Crippen LogP contribution in [0.25, 0.3) is 0 Å². The van der Waals surface area contributed by atoms with E-state index in [0.717, 1.165) is 16.4 Å². The predicted molar refractivity (Wildman–Crippen MR) is 101 cm³/mol. The highest BCUT2D eigenvalue weighted by atomic mass is 127. The molecule has 0 aliphatic heterocycles. The third-order valence-corrected chi connectivity index (χ3v) is 5.36. The Bertz CT molecular complexity index is 567. The van der Waals surface area contributed by atoms with Crippen molar-refractivity contribution in [1.82, 2.24) is 0 Å². The van der Waals surface area contributed by atoms with Crippen molar-refractivity contribution in [3.05, 3.63) is 33.4 Å². The Labute approximate surface area is 157 Å². The van der Waals surface area contributed by atoms with Gasteiger partial charge >= 0.3 is 11.9 Å². The maximum atomic E-state index is 12.1. The fraction of sp³-hybridized carbons (Fsp3) is 0.579. The first kappa shape index (κ1) is 19.2. The molecule has 0 spiro atoms. The lowest BCUT2D eigenvalue weighted by Crippen LogP contribution is -2.36. The fourth-order valence-electron chi connectivity index (χ4n) is 3.25. The van der Waals surface area contributed by atoms with Crippen LogP contribution >= 0.6 is 22.6 Å². The molecule has 1 aromatic rings. The van der Waals surface area contributed by atoms with E-state index < -0.39 is 11.9 Å². The van der Waals surface area contributed by atoms with Crippen LogP contribution in [-0.4, -0.2) is 24.6 Å². The van der Waals surface area contributed by atoms with Gasteiger partial charge in [-0.3, -0.25) is 0 Å². The highest BCUT2D eigenvalue weighted by Crippen LogP contribution is 2.35. The summed E-state index contributed by atoms with van der Waals surface area (Å²) in [5.74, 6) is 0.466. The van der Waals surface area contributed by atoms with Crippen LogP contribution in [0.3, 0.4) is 0 Å². The minimum absolute atomic E-state index is 0.0711. The first-order valence-electron chi connectivity index (χ1n) is 8.49. The summed E-state index contributed by atoms with van der Waals surface area (Å²) in [6.45, 7) is 6.19. The summed E-state index contributed by atoms with van der Waals surface area (Å²) in [4.78, 5) is 24.0. The third-order valence-electron chi connectivity index (χ3n) is 4.65. The van der Waals surface area contributed by atoms with E-state index in [-0.39, 0.29) is 12.7 Å². The van der Waals surface area contributed by atoms with Gasteiger partial charge in [-0.25, -0.2) is 9.59 Å². The van der Waals surface area contributed by atoms with Crippen LogP contribution in [-0.2, 0) is 14.3 Å². The average Bonchev–Trinajstić information content (AvgIpc) is 2.53. The number of carbonyl (C=O) groups is 2. The largest absolute Gasteiger partial charge is 0.460 e. The molecule has 0 N–H and O–H groups in total. The first-order valence-corrected chi connectivity index (χ1v) is 9.57. The minimum Gasteiger partial charge on any atom is -0.460 e. The maximum Gasteiger partial charge on any atom is 0.344 e. The van der Waals surface area contributed by atoms with Gasteiger partial charge in [0.2, 0.25) is 0 Å². The van der Waals surface area contributed by atoms with Gasteiger partial charge in [0.25, 0.3) is 0 Å². The molecule has 0 saturated heterocycles. The Hall–Kier alpha value is -1.11. The zero-order valence-corrected chi connectivity index (χ0v) is 16.6. The molecule has 3 atom stereocenters. The van der Waals surface area contributed by atoms with E-state index in [0.29, 0.717) is 23.3 Å². The van der Waals surface area contributed by atoms with Gasteiger partial charge in [-0.2, -0.15) is 0 Å². The molecule has 0 radical (unpaired) electrons. The SMILES string of the molecule is CC1CCC(C(C)C)C(OC(=O)COC(=O)c2ccc(I)cc2)C1. The highest BCUT2D eigenvalue weighted by Gasteiger charge is 2.33. The van der Waals surface area contributed by atoms with E-state index in [9.17, 15) is 9.59 Å². The van der Waals surface area contributed by atoms with Crippen molar-refractivity contribution in [3.63, 3.8) is 0 Å². The molecule has 0 amide bonds. The van der Waals surface area contributed by atoms with E-state index in [1.54, 1.807) is 12.1 Å². The second-order valence-corrected chi connectivity index (χ2v) is 8.18. The van der Waals surface area contributed by atoms with Gasteiger partial charge < -0.3 is 9.47 Å².